The fraction of sp³-hybridized carbons (Fsp3) is 0.538. The molecule has 1 rings (SSSR count). The molecule has 2 nitrogen and oxygen atoms in total. The smallest absolute Gasteiger partial charge is 0.419 e. The van der Waals surface area contributed by atoms with E-state index in [-0.39, 0.29) is 11.9 Å². The Morgan fingerprint density at radius 3 is 2.50 bits per heavy atom. The number of halogens is 3. The highest BCUT2D eigenvalue weighted by Gasteiger charge is 2.34. The van der Waals surface area contributed by atoms with Crippen molar-refractivity contribution in [3.05, 3.63) is 29.3 Å². The first-order chi connectivity index (χ1) is 8.38. The molecule has 0 bridgehead atoms. The lowest BCUT2D eigenvalue weighted by Crippen LogP contribution is -2.15. The van der Waals surface area contributed by atoms with Crippen molar-refractivity contribution in [2.45, 2.75) is 39.0 Å². The minimum atomic E-state index is -4.41. The van der Waals surface area contributed by atoms with Crippen LogP contribution >= 0.6 is 0 Å². The Bertz CT molecular complexity index is 390. The summed E-state index contributed by atoms with van der Waals surface area (Å²) in [6.45, 7) is 3.93. The quantitative estimate of drug-likeness (QED) is 0.881. The Morgan fingerprint density at radius 1 is 1.33 bits per heavy atom. The second-order valence-electron chi connectivity index (χ2n) is 4.20. The topological polar surface area (TPSA) is 35.2 Å². The summed E-state index contributed by atoms with van der Waals surface area (Å²) in [5.74, 6) is -0.113. The summed E-state index contributed by atoms with van der Waals surface area (Å²) in [5, 5.41) is 0. The zero-order valence-corrected chi connectivity index (χ0v) is 10.6. The summed E-state index contributed by atoms with van der Waals surface area (Å²) >= 11 is 0. The number of rotatable bonds is 5. The van der Waals surface area contributed by atoms with Gasteiger partial charge in [-0.2, -0.15) is 13.2 Å². The highest BCUT2D eigenvalue weighted by molar-refractivity contribution is 5.39. The van der Waals surface area contributed by atoms with Crippen molar-refractivity contribution in [2.75, 3.05) is 6.54 Å². The molecule has 2 N–H and O–H groups in total. The molecular weight excluding hydrogens is 243 g/mol. The molecular formula is C13H18F3NO. The van der Waals surface area contributed by atoms with Gasteiger partial charge in [-0.1, -0.05) is 13.0 Å². The van der Waals surface area contributed by atoms with E-state index in [4.69, 9.17) is 10.5 Å². The normalized spacial score (nSPS) is 13.4. The summed E-state index contributed by atoms with van der Waals surface area (Å²) in [7, 11) is 0. The summed E-state index contributed by atoms with van der Waals surface area (Å²) < 4.78 is 44.0. The van der Waals surface area contributed by atoms with Crippen LogP contribution in [0.3, 0.4) is 0 Å². The van der Waals surface area contributed by atoms with Crippen molar-refractivity contribution >= 4 is 0 Å². The van der Waals surface area contributed by atoms with Gasteiger partial charge in [0.15, 0.2) is 0 Å². The number of nitrogens with two attached hydrogens (primary N) is 1. The van der Waals surface area contributed by atoms with Crippen LogP contribution in [0.2, 0.25) is 0 Å². The molecule has 0 aliphatic rings. The van der Waals surface area contributed by atoms with E-state index in [9.17, 15) is 13.2 Å². The maximum absolute atomic E-state index is 12.9. The first-order valence-electron chi connectivity index (χ1n) is 5.95. The Hall–Kier alpha value is -1.23. The van der Waals surface area contributed by atoms with Crippen LogP contribution in [-0.4, -0.2) is 12.6 Å². The van der Waals surface area contributed by atoms with Crippen LogP contribution in [0, 0.1) is 0 Å². The minimum Gasteiger partial charge on any atom is -0.490 e. The Labute approximate surface area is 105 Å². The molecule has 102 valence electrons. The summed E-state index contributed by atoms with van der Waals surface area (Å²) in [4.78, 5) is 0. The molecule has 0 aliphatic carbocycles. The van der Waals surface area contributed by atoms with Crippen molar-refractivity contribution in [1.29, 1.82) is 0 Å². The third-order valence-electron chi connectivity index (χ3n) is 2.69. The molecule has 18 heavy (non-hydrogen) atoms. The van der Waals surface area contributed by atoms with Gasteiger partial charge in [0, 0.05) is 0 Å². The van der Waals surface area contributed by atoms with Gasteiger partial charge in [0.2, 0.25) is 0 Å². The van der Waals surface area contributed by atoms with Gasteiger partial charge < -0.3 is 10.5 Å². The molecule has 0 fully saturated rings. The predicted octanol–water partition coefficient (Wildman–Crippen LogP) is 3.38. The first-order valence-corrected chi connectivity index (χ1v) is 5.95. The van der Waals surface area contributed by atoms with E-state index in [0.29, 0.717) is 24.9 Å². The van der Waals surface area contributed by atoms with Crippen molar-refractivity contribution in [2.24, 2.45) is 5.73 Å². The van der Waals surface area contributed by atoms with Crippen LogP contribution in [0.1, 0.15) is 31.4 Å². The van der Waals surface area contributed by atoms with E-state index in [1.54, 1.807) is 13.0 Å². The van der Waals surface area contributed by atoms with E-state index in [1.165, 1.54) is 6.07 Å². The van der Waals surface area contributed by atoms with E-state index in [2.05, 4.69) is 0 Å². The van der Waals surface area contributed by atoms with E-state index >= 15 is 0 Å². The van der Waals surface area contributed by atoms with Gasteiger partial charge in [-0.25, -0.2) is 0 Å². The molecule has 0 saturated heterocycles. The van der Waals surface area contributed by atoms with Crippen LogP contribution in [-0.2, 0) is 12.6 Å². The van der Waals surface area contributed by atoms with Crippen LogP contribution in [0.5, 0.6) is 5.75 Å². The molecule has 0 spiro atoms. The molecule has 0 amide bonds. The Balaban J connectivity index is 3.09. The fourth-order valence-electron chi connectivity index (χ4n) is 1.52. The molecule has 1 aromatic rings. The maximum atomic E-state index is 12.9. The van der Waals surface area contributed by atoms with E-state index in [1.807, 2.05) is 6.92 Å². The maximum Gasteiger partial charge on any atom is 0.419 e. The zero-order chi connectivity index (χ0) is 13.8. The summed E-state index contributed by atoms with van der Waals surface area (Å²) in [6.07, 6.45) is -3.58. The molecule has 5 heteroatoms. The lowest BCUT2D eigenvalue weighted by atomic mass is 10.1. The van der Waals surface area contributed by atoms with Gasteiger partial charge in [-0.05, 0) is 44.0 Å². The van der Waals surface area contributed by atoms with Crippen LogP contribution < -0.4 is 10.5 Å². The van der Waals surface area contributed by atoms with E-state index in [0.717, 1.165) is 6.07 Å². The largest absolute Gasteiger partial charge is 0.490 e. The highest BCUT2D eigenvalue weighted by Crippen LogP contribution is 2.37. The van der Waals surface area contributed by atoms with Crippen molar-refractivity contribution in [3.8, 4) is 5.75 Å². The van der Waals surface area contributed by atoms with Crippen molar-refractivity contribution < 1.29 is 17.9 Å². The Kier molecular flexibility index (Phi) is 5.02. The summed E-state index contributed by atoms with van der Waals surface area (Å²) in [5.41, 5.74) is 5.19. The summed E-state index contributed by atoms with van der Waals surface area (Å²) in [6, 6.07) is 4.12. The van der Waals surface area contributed by atoms with Crippen molar-refractivity contribution in [1.82, 2.24) is 0 Å². The average molecular weight is 261 g/mol. The van der Waals surface area contributed by atoms with Gasteiger partial charge in [-0.15, -0.1) is 0 Å². The molecule has 1 aromatic carbocycles. The molecule has 1 atom stereocenters. The van der Waals surface area contributed by atoms with Crippen LogP contribution in [0.4, 0.5) is 13.2 Å². The number of hydrogen-bond donors (Lipinski definition) is 1. The molecule has 0 radical (unpaired) electrons. The number of ether oxygens (including phenoxy) is 1. The van der Waals surface area contributed by atoms with Gasteiger partial charge in [0.1, 0.15) is 5.75 Å². The number of alkyl halides is 3. The van der Waals surface area contributed by atoms with Gasteiger partial charge >= 0.3 is 6.18 Å². The molecule has 0 aliphatic heterocycles. The van der Waals surface area contributed by atoms with E-state index < -0.39 is 11.7 Å². The zero-order valence-electron chi connectivity index (χ0n) is 10.6. The predicted molar refractivity (Wildman–Crippen MR) is 64.6 cm³/mol. The SMILES string of the molecule is CCC(C)Oc1ccc(CCN)cc1C(F)(F)F. The highest BCUT2D eigenvalue weighted by atomic mass is 19.4. The Morgan fingerprint density at radius 2 is 2.00 bits per heavy atom. The number of benzene rings is 1. The van der Waals surface area contributed by atoms with Crippen LogP contribution in [0.15, 0.2) is 18.2 Å². The average Bonchev–Trinajstić information content (AvgIpc) is 2.30. The van der Waals surface area contributed by atoms with Gasteiger partial charge in [-0.3, -0.25) is 0 Å². The second-order valence-corrected chi connectivity index (χ2v) is 4.20. The van der Waals surface area contributed by atoms with Crippen LogP contribution in [0.25, 0.3) is 0 Å². The lowest BCUT2D eigenvalue weighted by molar-refractivity contribution is -0.139. The molecule has 1 unspecified atom stereocenters. The minimum absolute atomic E-state index is 0.113. The standard InChI is InChI=1S/C13H18F3NO/c1-3-9(2)18-12-5-4-10(6-7-17)8-11(12)13(14,15)16/h4-5,8-9H,3,6-7,17H2,1-2H3. The molecule has 0 aromatic heterocycles. The molecule has 0 saturated carbocycles. The first kappa shape index (κ1) is 14.8. The fourth-order valence-corrected chi connectivity index (χ4v) is 1.52. The second kappa shape index (κ2) is 6.09. The van der Waals surface area contributed by atoms with Crippen molar-refractivity contribution in [3.63, 3.8) is 0 Å². The number of hydrogen-bond acceptors (Lipinski definition) is 2. The van der Waals surface area contributed by atoms with Gasteiger partial charge in [0.25, 0.3) is 0 Å². The lowest BCUT2D eigenvalue weighted by Gasteiger charge is -2.18. The van der Waals surface area contributed by atoms with Gasteiger partial charge in [0.05, 0.1) is 11.7 Å². The third kappa shape index (κ3) is 3.91. The monoisotopic (exact) mass is 261 g/mol. The third-order valence-corrected chi connectivity index (χ3v) is 2.69. The molecule has 0 heterocycles.